The number of ether oxygens (including phenoxy) is 1. The van der Waals surface area contributed by atoms with E-state index < -0.39 is 0 Å². The number of aromatic nitrogens is 2. The minimum Gasteiger partial charge on any atom is -0.467 e. The van der Waals surface area contributed by atoms with Crippen LogP contribution in [-0.2, 0) is 4.79 Å². The SMILES string of the molecule is CCSc1nc(C)cc(OCC(=O)N/N=C\c2ccc(Br)cc2)n1. The van der Waals surface area contributed by atoms with Gasteiger partial charge in [0.1, 0.15) is 0 Å². The molecule has 24 heavy (non-hydrogen) atoms. The van der Waals surface area contributed by atoms with Gasteiger partial charge in [-0.3, -0.25) is 4.79 Å². The van der Waals surface area contributed by atoms with Gasteiger partial charge >= 0.3 is 0 Å². The lowest BCUT2D eigenvalue weighted by molar-refractivity contribution is -0.123. The van der Waals surface area contributed by atoms with Gasteiger partial charge in [0, 0.05) is 16.2 Å². The molecule has 1 aromatic carbocycles. The normalized spacial score (nSPS) is 10.8. The Morgan fingerprint density at radius 2 is 2.12 bits per heavy atom. The Morgan fingerprint density at radius 1 is 1.38 bits per heavy atom. The molecule has 6 nitrogen and oxygen atoms in total. The predicted octanol–water partition coefficient (Wildman–Crippen LogP) is 3.19. The van der Waals surface area contributed by atoms with Gasteiger partial charge in [-0.2, -0.15) is 10.1 Å². The molecule has 0 saturated heterocycles. The Hall–Kier alpha value is -1.93. The van der Waals surface area contributed by atoms with E-state index in [0.717, 1.165) is 21.5 Å². The Bertz CT molecular complexity index is 723. The maximum absolute atomic E-state index is 11.8. The molecule has 0 fully saturated rings. The van der Waals surface area contributed by atoms with E-state index in [4.69, 9.17) is 4.74 Å². The van der Waals surface area contributed by atoms with Crippen LogP contribution in [0.2, 0.25) is 0 Å². The molecule has 0 spiro atoms. The van der Waals surface area contributed by atoms with Crippen LogP contribution in [0.15, 0.2) is 45.1 Å². The van der Waals surface area contributed by atoms with Crippen LogP contribution in [0, 0.1) is 6.92 Å². The second-order valence-corrected chi connectivity index (χ2v) is 6.84. The molecular weight excluding hydrogens is 392 g/mol. The average molecular weight is 409 g/mol. The lowest BCUT2D eigenvalue weighted by Crippen LogP contribution is -2.24. The van der Waals surface area contributed by atoms with Crippen molar-refractivity contribution in [1.29, 1.82) is 0 Å². The lowest BCUT2D eigenvalue weighted by atomic mass is 10.2. The molecule has 0 unspecified atom stereocenters. The summed E-state index contributed by atoms with van der Waals surface area (Å²) in [5.41, 5.74) is 4.09. The molecule has 0 aliphatic carbocycles. The zero-order valence-electron chi connectivity index (χ0n) is 13.3. The Labute approximate surface area is 153 Å². The zero-order valence-corrected chi connectivity index (χ0v) is 15.7. The Kier molecular flexibility index (Phi) is 7.20. The van der Waals surface area contributed by atoms with Gasteiger partial charge in [0.2, 0.25) is 5.88 Å². The molecule has 1 amide bonds. The number of thioether (sulfide) groups is 1. The van der Waals surface area contributed by atoms with Crippen molar-refractivity contribution in [3.05, 3.63) is 46.1 Å². The van der Waals surface area contributed by atoms with Crippen LogP contribution in [0.25, 0.3) is 0 Å². The highest BCUT2D eigenvalue weighted by Gasteiger charge is 2.06. The topological polar surface area (TPSA) is 76.5 Å². The number of benzene rings is 1. The number of carbonyl (C=O) groups excluding carboxylic acids is 1. The molecule has 0 radical (unpaired) electrons. The van der Waals surface area contributed by atoms with Crippen molar-refractivity contribution in [1.82, 2.24) is 15.4 Å². The number of aryl methyl sites for hydroxylation is 1. The van der Waals surface area contributed by atoms with Crippen LogP contribution in [0.3, 0.4) is 0 Å². The first-order valence-corrected chi connectivity index (χ1v) is 9.03. The molecule has 1 heterocycles. The summed E-state index contributed by atoms with van der Waals surface area (Å²) in [6.07, 6.45) is 1.56. The number of carbonyl (C=O) groups is 1. The van der Waals surface area contributed by atoms with Gasteiger partial charge in [-0.15, -0.1) is 0 Å². The van der Waals surface area contributed by atoms with E-state index in [9.17, 15) is 4.79 Å². The summed E-state index contributed by atoms with van der Waals surface area (Å²) in [6.45, 7) is 3.72. The summed E-state index contributed by atoms with van der Waals surface area (Å²) < 4.78 is 6.38. The summed E-state index contributed by atoms with van der Waals surface area (Å²) in [4.78, 5) is 20.3. The highest BCUT2D eigenvalue weighted by Crippen LogP contribution is 2.17. The smallest absolute Gasteiger partial charge is 0.278 e. The number of hydrogen-bond donors (Lipinski definition) is 1. The third kappa shape index (κ3) is 6.29. The number of hydrogen-bond acceptors (Lipinski definition) is 6. The highest BCUT2D eigenvalue weighted by molar-refractivity contribution is 9.10. The fourth-order valence-corrected chi connectivity index (χ4v) is 2.57. The van der Waals surface area contributed by atoms with E-state index in [1.54, 1.807) is 12.3 Å². The van der Waals surface area contributed by atoms with Gasteiger partial charge in [0.05, 0.1) is 6.21 Å². The maximum atomic E-state index is 11.8. The van der Waals surface area contributed by atoms with Gasteiger partial charge in [-0.25, -0.2) is 10.4 Å². The van der Waals surface area contributed by atoms with Gasteiger partial charge in [0.15, 0.2) is 11.8 Å². The van der Waals surface area contributed by atoms with Crippen LogP contribution >= 0.6 is 27.7 Å². The highest BCUT2D eigenvalue weighted by atomic mass is 79.9. The minimum atomic E-state index is -0.357. The fourth-order valence-electron chi connectivity index (χ4n) is 1.68. The molecule has 2 aromatic rings. The first-order valence-electron chi connectivity index (χ1n) is 7.25. The van der Waals surface area contributed by atoms with Crippen molar-refractivity contribution in [2.75, 3.05) is 12.4 Å². The van der Waals surface area contributed by atoms with E-state index in [0.29, 0.717) is 11.0 Å². The number of amides is 1. The molecule has 8 heteroatoms. The van der Waals surface area contributed by atoms with Crippen LogP contribution in [0.4, 0.5) is 0 Å². The van der Waals surface area contributed by atoms with Crippen LogP contribution in [0.1, 0.15) is 18.2 Å². The predicted molar refractivity (Wildman–Crippen MR) is 98.5 cm³/mol. The minimum absolute atomic E-state index is 0.162. The van der Waals surface area contributed by atoms with Crippen LogP contribution < -0.4 is 10.2 Å². The summed E-state index contributed by atoms with van der Waals surface area (Å²) in [5.74, 6) is 0.892. The van der Waals surface area contributed by atoms with Crippen molar-refractivity contribution in [3.8, 4) is 5.88 Å². The third-order valence-electron chi connectivity index (χ3n) is 2.71. The van der Waals surface area contributed by atoms with Crippen LogP contribution in [0.5, 0.6) is 5.88 Å². The molecule has 0 aliphatic heterocycles. The van der Waals surface area contributed by atoms with Crippen molar-refractivity contribution >= 4 is 39.8 Å². The monoisotopic (exact) mass is 408 g/mol. The maximum Gasteiger partial charge on any atom is 0.278 e. The van der Waals surface area contributed by atoms with Gasteiger partial charge < -0.3 is 4.74 Å². The molecule has 0 bridgehead atoms. The number of nitrogens with zero attached hydrogens (tertiary/aromatic N) is 3. The third-order valence-corrected chi connectivity index (χ3v) is 3.97. The van der Waals surface area contributed by atoms with Crippen molar-refractivity contribution in [3.63, 3.8) is 0 Å². The summed E-state index contributed by atoms with van der Waals surface area (Å²) in [6, 6.07) is 9.25. The Morgan fingerprint density at radius 3 is 2.83 bits per heavy atom. The summed E-state index contributed by atoms with van der Waals surface area (Å²) >= 11 is 4.88. The van der Waals surface area contributed by atoms with Gasteiger partial charge in [0.25, 0.3) is 5.91 Å². The van der Waals surface area contributed by atoms with E-state index in [2.05, 4.69) is 36.4 Å². The molecular formula is C16H17BrN4O2S. The van der Waals surface area contributed by atoms with E-state index in [1.807, 2.05) is 38.1 Å². The second-order valence-electron chi connectivity index (χ2n) is 4.70. The lowest BCUT2D eigenvalue weighted by Gasteiger charge is -2.06. The first-order chi connectivity index (χ1) is 11.6. The molecule has 0 atom stereocenters. The van der Waals surface area contributed by atoms with Crippen molar-refractivity contribution in [2.45, 2.75) is 19.0 Å². The molecule has 1 N–H and O–H groups in total. The zero-order chi connectivity index (χ0) is 17.4. The quantitative estimate of drug-likeness (QED) is 0.329. The van der Waals surface area contributed by atoms with E-state index in [-0.39, 0.29) is 12.5 Å². The average Bonchev–Trinajstić information content (AvgIpc) is 2.55. The number of hydrazone groups is 1. The Balaban J connectivity index is 1.83. The number of nitrogens with one attached hydrogen (secondary N) is 1. The first kappa shape index (κ1) is 18.4. The fraction of sp³-hybridized carbons (Fsp3) is 0.250. The molecule has 0 saturated carbocycles. The number of rotatable bonds is 7. The second kappa shape index (κ2) is 9.39. The van der Waals surface area contributed by atoms with Crippen molar-refractivity contribution in [2.24, 2.45) is 5.10 Å². The molecule has 2 rings (SSSR count). The molecule has 1 aromatic heterocycles. The van der Waals surface area contributed by atoms with Gasteiger partial charge in [-0.05, 0) is 30.4 Å². The summed E-state index contributed by atoms with van der Waals surface area (Å²) in [7, 11) is 0. The van der Waals surface area contributed by atoms with Crippen molar-refractivity contribution < 1.29 is 9.53 Å². The summed E-state index contributed by atoms with van der Waals surface area (Å²) in [5, 5.41) is 4.53. The van der Waals surface area contributed by atoms with E-state index in [1.165, 1.54) is 11.8 Å². The van der Waals surface area contributed by atoms with Crippen LogP contribution in [-0.4, -0.2) is 34.4 Å². The van der Waals surface area contributed by atoms with E-state index >= 15 is 0 Å². The largest absolute Gasteiger partial charge is 0.467 e. The van der Waals surface area contributed by atoms with Gasteiger partial charge in [-0.1, -0.05) is 46.7 Å². The number of halogens is 1. The molecule has 126 valence electrons. The standard InChI is InChI=1S/C16H17BrN4O2S/c1-3-24-16-19-11(2)8-15(20-16)23-10-14(22)21-18-9-12-4-6-13(17)7-5-12/h4-9H,3,10H2,1-2H3,(H,21,22)/b18-9-. The molecule has 0 aliphatic rings.